The number of ether oxygens (including phenoxy) is 2. The summed E-state index contributed by atoms with van der Waals surface area (Å²) in [5.41, 5.74) is 0.904. The van der Waals surface area contributed by atoms with E-state index in [2.05, 4.69) is 9.44 Å². The van der Waals surface area contributed by atoms with Gasteiger partial charge >= 0.3 is 12.2 Å². The maximum atomic E-state index is 14.8. The van der Waals surface area contributed by atoms with Crippen molar-refractivity contribution < 1.29 is 27.8 Å². The summed E-state index contributed by atoms with van der Waals surface area (Å²) in [7, 11) is 4.60. The van der Waals surface area contributed by atoms with Crippen LogP contribution in [0.15, 0.2) is 30.3 Å². The number of amides is 2. The number of hydrogen-bond acceptors (Lipinski definition) is 7. The summed E-state index contributed by atoms with van der Waals surface area (Å²) in [6.45, 7) is 1.60. The maximum absolute atomic E-state index is 14.8. The monoisotopic (exact) mass is 452 g/mol. The Hall–Kier alpha value is -3.05. The van der Waals surface area contributed by atoms with E-state index in [1.54, 1.807) is 32.2 Å². The number of halogens is 2. The first-order chi connectivity index (χ1) is 14.7. The molecule has 0 aromatic heterocycles. The van der Waals surface area contributed by atoms with E-state index in [1.807, 2.05) is 0 Å². The van der Waals surface area contributed by atoms with Crippen molar-refractivity contribution >= 4 is 30.0 Å². The van der Waals surface area contributed by atoms with Crippen LogP contribution in [0.25, 0.3) is 0 Å². The molecule has 0 saturated heterocycles. The average Bonchev–Trinajstić information content (AvgIpc) is 2.73. The second-order valence-corrected chi connectivity index (χ2v) is 7.73. The lowest BCUT2D eigenvalue weighted by Gasteiger charge is -2.34. The smallest absolute Gasteiger partial charge is 0.407 e. The van der Waals surface area contributed by atoms with Crippen LogP contribution in [0.1, 0.15) is 24.1 Å². The zero-order chi connectivity index (χ0) is 22.7. The Morgan fingerprint density at radius 3 is 2.68 bits per heavy atom. The molecule has 0 bridgehead atoms. The standard InChI is InChI=1S/C20H22F2N4O4S/c1-11-13-8-9-15(29-19(27)25(3)4)17(22)18(13)30-20(28)26(11)10-12-6-5-7-14(16(12)21)24-31-23-2/h5-9,11,23-24H,10H2,1-4H3. The second kappa shape index (κ2) is 9.40. The molecule has 3 rings (SSSR count). The van der Waals surface area contributed by atoms with Crippen LogP contribution in [-0.2, 0) is 6.54 Å². The molecule has 2 aromatic carbocycles. The Bertz CT molecular complexity index is 1010. The van der Waals surface area contributed by atoms with Crippen LogP contribution < -0.4 is 18.9 Å². The SMILES string of the molecule is CNSNc1cccc(CN2C(=O)Oc3c(ccc(OC(=O)N(C)C)c3F)C2C)c1F. The Morgan fingerprint density at radius 1 is 1.26 bits per heavy atom. The lowest BCUT2D eigenvalue weighted by molar-refractivity contribution is 0.113. The van der Waals surface area contributed by atoms with Crippen molar-refractivity contribution in [3.05, 3.63) is 53.1 Å². The van der Waals surface area contributed by atoms with Crippen molar-refractivity contribution in [1.82, 2.24) is 14.5 Å². The molecule has 2 aromatic rings. The number of rotatable bonds is 6. The van der Waals surface area contributed by atoms with Gasteiger partial charge in [-0.1, -0.05) is 12.1 Å². The normalized spacial score (nSPS) is 15.2. The first-order valence-electron chi connectivity index (χ1n) is 9.30. The first kappa shape index (κ1) is 22.6. The topological polar surface area (TPSA) is 83.1 Å². The summed E-state index contributed by atoms with van der Waals surface area (Å²) in [6, 6.07) is 7.00. The molecule has 0 spiro atoms. The number of carbonyl (C=O) groups is 2. The second-order valence-electron chi connectivity index (χ2n) is 6.92. The highest BCUT2D eigenvalue weighted by molar-refractivity contribution is 7.98. The zero-order valence-electron chi connectivity index (χ0n) is 17.4. The van der Waals surface area contributed by atoms with E-state index in [0.717, 1.165) is 17.0 Å². The fourth-order valence-corrected chi connectivity index (χ4v) is 3.36. The van der Waals surface area contributed by atoms with E-state index in [9.17, 15) is 18.4 Å². The van der Waals surface area contributed by atoms with Crippen molar-refractivity contribution in [3.8, 4) is 11.5 Å². The molecule has 1 atom stereocenters. The molecule has 1 unspecified atom stereocenters. The quantitative estimate of drug-likeness (QED) is 0.633. The number of hydrogen-bond donors (Lipinski definition) is 2. The van der Waals surface area contributed by atoms with E-state index in [-0.39, 0.29) is 29.3 Å². The largest absolute Gasteiger partial charge is 0.416 e. The molecule has 8 nitrogen and oxygen atoms in total. The predicted molar refractivity (Wildman–Crippen MR) is 113 cm³/mol. The lowest BCUT2D eigenvalue weighted by atomic mass is 10.0. The van der Waals surface area contributed by atoms with Crippen LogP contribution in [0.2, 0.25) is 0 Å². The number of nitrogens with one attached hydrogen (secondary N) is 2. The van der Waals surface area contributed by atoms with Crippen molar-refractivity contribution in [2.45, 2.75) is 19.5 Å². The van der Waals surface area contributed by atoms with Gasteiger partial charge in [0.1, 0.15) is 0 Å². The van der Waals surface area contributed by atoms with Gasteiger partial charge in [0.2, 0.25) is 5.82 Å². The molecule has 0 radical (unpaired) electrons. The summed E-state index contributed by atoms with van der Waals surface area (Å²) < 4.78 is 45.4. The third kappa shape index (κ3) is 4.67. The predicted octanol–water partition coefficient (Wildman–Crippen LogP) is 4.30. The van der Waals surface area contributed by atoms with Crippen molar-refractivity contribution in [2.24, 2.45) is 0 Å². The molecule has 31 heavy (non-hydrogen) atoms. The number of fused-ring (bicyclic) bond motifs is 1. The summed E-state index contributed by atoms with van der Waals surface area (Å²) in [5, 5.41) is 0. The molecule has 11 heteroatoms. The van der Waals surface area contributed by atoms with Gasteiger partial charge in [0.05, 0.1) is 18.3 Å². The minimum Gasteiger partial charge on any atom is -0.407 e. The van der Waals surface area contributed by atoms with Crippen molar-refractivity contribution in [1.29, 1.82) is 0 Å². The van der Waals surface area contributed by atoms with Crippen molar-refractivity contribution in [2.75, 3.05) is 25.9 Å². The number of carbonyl (C=O) groups excluding carboxylic acids is 2. The Labute approximate surface area is 182 Å². The van der Waals surface area contributed by atoms with E-state index in [1.165, 1.54) is 31.1 Å². The average molecular weight is 452 g/mol. The molecule has 166 valence electrons. The van der Waals surface area contributed by atoms with E-state index in [4.69, 9.17) is 9.47 Å². The van der Waals surface area contributed by atoms with Gasteiger partial charge in [-0.2, -0.15) is 4.39 Å². The molecular formula is C20H22F2N4O4S. The van der Waals surface area contributed by atoms with E-state index >= 15 is 0 Å². The number of nitrogens with zero attached hydrogens (tertiary/aromatic N) is 2. The van der Waals surface area contributed by atoms with Gasteiger partial charge < -0.3 is 19.1 Å². The highest BCUT2D eigenvalue weighted by atomic mass is 32.2. The van der Waals surface area contributed by atoms with E-state index < -0.39 is 29.9 Å². The van der Waals surface area contributed by atoms with Crippen LogP contribution in [0, 0.1) is 11.6 Å². The van der Waals surface area contributed by atoms with Gasteiger partial charge in [0.15, 0.2) is 17.3 Å². The molecule has 2 N–H and O–H groups in total. The zero-order valence-corrected chi connectivity index (χ0v) is 18.2. The van der Waals surface area contributed by atoms with Crippen LogP contribution >= 0.6 is 12.1 Å². The van der Waals surface area contributed by atoms with Crippen LogP contribution in [0.3, 0.4) is 0 Å². The first-order valence-corrected chi connectivity index (χ1v) is 10.1. The fraction of sp³-hybridized carbons (Fsp3) is 0.300. The summed E-state index contributed by atoms with van der Waals surface area (Å²) >= 11 is 1.10. The molecule has 1 aliphatic heterocycles. The highest BCUT2D eigenvalue weighted by Gasteiger charge is 2.35. The minimum absolute atomic E-state index is 0.0794. The summed E-state index contributed by atoms with van der Waals surface area (Å²) in [6.07, 6.45) is -1.60. The summed E-state index contributed by atoms with van der Waals surface area (Å²) in [5.74, 6) is -2.11. The highest BCUT2D eigenvalue weighted by Crippen LogP contribution is 2.41. The number of benzene rings is 2. The van der Waals surface area contributed by atoms with Gasteiger partial charge in [-0.15, -0.1) is 0 Å². The minimum atomic E-state index is -0.950. The third-order valence-electron chi connectivity index (χ3n) is 4.68. The van der Waals surface area contributed by atoms with Gasteiger partial charge in [0.25, 0.3) is 0 Å². The van der Waals surface area contributed by atoms with Gasteiger partial charge in [0, 0.05) is 37.4 Å². The third-order valence-corrected chi connectivity index (χ3v) is 5.20. The Morgan fingerprint density at radius 2 is 2.00 bits per heavy atom. The molecule has 0 saturated carbocycles. The van der Waals surface area contributed by atoms with E-state index in [0.29, 0.717) is 5.56 Å². The maximum Gasteiger partial charge on any atom is 0.416 e. The van der Waals surface area contributed by atoms with Crippen molar-refractivity contribution in [3.63, 3.8) is 0 Å². The molecule has 0 fully saturated rings. The number of anilines is 1. The Balaban J connectivity index is 1.86. The molecule has 1 aliphatic rings. The van der Waals surface area contributed by atoms with Gasteiger partial charge in [-0.3, -0.25) is 4.90 Å². The molecule has 2 amide bonds. The fourth-order valence-electron chi connectivity index (χ4n) is 2.99. The van der Waals surface area contributed by atoms with Crippen LogP contribution in [0.5, 0.6) is 11.5 Å². The Kier molecular flexibility index (Phi) is 6.86. The van der Waals surface area contributed by atoms with Gasteiger partial charge in [-0.05, 0) is 32.2 Å². The van der Waals surface area contributed by atoms with Crippen LogP contribution in [0.4, 0.5) is 24.1 Å². The summed E-state index contributed by atoms with van der Waals surface area (Å²) in [4.78, 5) is 26.8. The molecular weight excluding hydrogens is 430 g/mol. The molecule has 0 aliphatic carbocycles. The lowest BCUT2D eigenvalue weighted by Crippen LogP contribution is -2.39. The van der Waals surface area contributed by atoms with Crippen LogP contribution in [-0.4, -0.2) is 43.1 Å². The van der Waals surface area contributed by atoms with Gasteiger partial charge in [-0.25, -0.2) is 18.7 Å². The molecule has 1 heterocycles.